The summed E-state index contributed by atoms with van der Waals surface area (Å²) in [6, 6.07) is 2.27. The van der Waals surface area contributed by atoms with E-state index >= 15 is 4.39 Å². The molecule has 3 unspecified atom stereocenters. The fourth-order valence-corrected chi connectivity index (χ4v) is 6.93. The normalized spacial score (nSPS) is 19.2. The Balaban J connectivity index is 0.00000353. The number of carbonyl (C=O) groups is 2. The molecule has 226 valence electrons. The van der Waals surface area contributed by atoms with E-state index in [2.05, 4.69) is 5.32 Å². The van der Waals surface area contributed by atoms with Crippen LogP contribution in [0.25, 0.3) is 22.3 Å². The molecule has 11 heteroatoms. The number of nitrogens with zero attached hydrogens (tertiary/aromatic N) is 3. The molecule has 1 aromatic carbocycles. The van der Waals surface area contributed by atoms with Crippen molar-refractivity contribution in [1.29, 1.82) is 0 Å². The van der Waals surface area contributed by atoms with Crippen molar-refractivity contribution in [3.63, 3.8) is 0 Å². The van der Waals surface area contributed by atoms with Crippen molar-refractivity contribution in [3.8, 4) is 11.4 Å². The van der Waals surface area contributed by atoms with Crippen LogP contribution < -0.4 is 10.9 Å². The largest absolute Gasteiger partial charge is 0.520 e. The molecule has 1 N–H and O–H groups in total. The minimum Gasteiger partial charge on any atom is -0.520 e. The number of benzene rings is 1. The van der Waals surface area contributed by atoms with E-state index in [9.17, 15) is 19.2 Å². The second-order valence-corrected chi connectivity index (χ2v) is 11.2. The Morgan fingerprint density at radius 3 is 2.79 bits per heavy atom. The van der Waals surface area contributed by atoms with Crippen molar-refractivity contribution in [1.82, 2.24) is 19.8 Å². The summed E-state index contributed by atoms with van der Waals surface area (Å²) in [5.74, 6) is -1.08. The van der Waals surface area contributed by atoms with Crippen molar-refractivity contribution >= 4 is 29.5 Å². The summed E-state index contributed by atoms with van der Waals surface area (Å²) < 4.78 is 22.1. The van der Waals surface area contributed by atoms with Crippen molar-refractivity contribution in [2.45, 2.75) is 77.1 Å². The zero-order chi connectivity index (χ0) is 29.0. The van der Waals surface area contributed by atoms with Gasteiger partial charge in [0.15, 0.2) is 0 Å². The SMILES string of the molecule is CCC(C=O)c1cc2n(c(=O)c1COC)Cc1c-2nc2cc(F)c(C)c3c2c1C(NC(=O)C1CCCN1[C-]=O)CC3.[Fm]. The van der Waals surface area contributed by atoms with Gasteiger partial charge in [-0.3, -0.25) is 9.59 Å². The second-order valence-electron chi connectivity index (χ2n) is 11.2. The Bertz CT molecular complexity index is 1670. The van der Waals surface area contributed by atoms with Crippen LogP contribution in [0.1, 0.15) is 77.9 Å². The van der Waals surface area contributed by atoms with Crippen LogP contribution in [0.3, 0.4) is 0 Å². The number of amides is 2. The topological polar surface area (TPSA) is 111 Å². The molecular weight excluding hydrogens is 784 g/mol. The molecule has 0 bridgehead atoms. The van der Waals surface area contributed by atoms with Gasteiger partial charge in [0, 0.05) is 35.6 Å². The van der Waals surface area contributed by atoms with Gasteiger partial charge in [-0.05, 0) is 73.9 Å². The van der Waals surface area contributed by atoms with Crippen LogP contribution >= 0.6 is 0 Å². The average Bonchev–Trinajstić information content (AvgIpc) is 3.60. The molecule has 1 aliphatic carbocycles. The summed E-state index contributed by atoms with van der Waals surface area (Å²) in [5.41, 5.74) is 5.41. The summed E-state index contributed by atoms with van der Waals surface area (Å²) in [7, 11) is 1.51. The number of aldehydes is 1. The molecule has 3 aromatic rings. The van der Waals surface area contributed by atoms with Crippen LogP contribution in [0, 0.1) is 12.7 Å². The summed E-state index contributed by atoms with van der Waals surface area (Å²) in [4.78, 5) is 56.9. The fourth-order valence-electron chi connectivity index (χ4n) is 6.93. The van der Waals surface area contributed by atoms with Crippen molar-refractivity contribution in [2.75, 3.05) is 13.7 Å². The van der Waals surface area contributed by atoms with E-state index in [1.165, 1.54) is 18.1 Å². The van der Waals surface area contributed by atoms with Gasteiger partial charge >= 0.3 is 0 Å². The molecule has 9 nitrogen and oxygen atoms in total. The maximum Gasteiger partial charge on any atom is 0.257 e. The number of rotatable bonds is 8. The quantitative estimate of drug-likeness (QED) is 0.216. The fraction of sp³-hybridized carbons (Fsp3) is 0.452. The van der Waals surface area contributed by atoms with Gasteiger partial charge in [-0.2, -0.15) is 6.41 Å². The first-order valence-corrected chi connectivity index (χ1v) is 14.1. The number of methoxy groups -OCH3 is 1. The van der Waals surface area contributed by atoms with E-state index in [0.29, 0.717) is 65.8 Å². The smallest absolute Gasteiger partial charge is 0.257 e. The van der Waals surface area contributed by atoms with Crippen molar-refractivity contribution in [2.24, 2.45) is 0 Å². The van der Waals surface area contributed by atoms with E-state index in [1.54, 1.807) is 11.5 Å². The van der Waals surface area contributed by atoms with Crippen molar-refractivity contribution < 1.29 is 23.5 Å². The van der Waals surface area contributed by atoms with Gasteiger partial charge in [0.05, 0.1) is 42.1 Å². The van der Waals surface area contributed by atoms with Crippen LogP contribution in [-0.4, -0.2) is 52.8 Å². The number of halogens is 1. The zero-order valence-electron chi connectivity index (χ0n) is 23.7. The first-order chi connectivity index (χ1) is 19.8. The van der Waals surface area contributed by atoms with E-state index in [-0.39, 0.29) is 30.4 Å². The molecule has 42 heavy (non-hydrogen) atoms. The maximum absolute atomic E-state index is 15.1. The van der Waals surface area contributed by atoms with Crippen LogP contribution in [0.15, 0.2) is 16.9 Å². The number of pyridine rings is 2. The third kappa shape index (κ3) is 4.15. The average molecular weight is 817 g/mol. The Morgan fingerprint density at radius 2 is 2.10 bits per heavy atom. The molecule has 1 fully saturated rings. The number of hydrogen-bond acceptors (Lipinski definition) is 6. The number of aryl methyl sites for hydroxylation is 1. The molecule has 0 radical (unpaired) electrons. The third-order valence-electron chi connectivity index (χ3n) is 9.05. The Labute approximate surface area is 236 Å². The molecule has 2 amide bonds. The summed E-state index contributed by atoms with van der Waals surface area (Å²) in [6.45, 7) is 4.43. The monoisotopic (exact) mass is 816 g/mol. The maximum atomic E-state index is 15.1. The minimum absolute atomic E-state index is 0. The van der Waals surface area contributed by atoms with E-state index < -0.39 is 18.0 Å². The number of likely N-dealkylation sites (tertiary alicyclic amines) is 1. The number of ether oxygens (including phenoxy) is 1. The molecule has 3 aliphatic rings. The Morgan fingerprint density at radius 1 is 1.31 bits per heavy atom. The van der Waals surface area contributed by atoms with Gasteiger partial charge < -0.3 is 29.1 Å². The molecule has 0 spiro atoms. The van der Waals surface area contributed by atoms with Crippen LogP contribution in [0.2, 0.25) is 0 Å². The molecule has 6 rings (SSSR count). The van der Waals surface area contributed by atoms with Crippen LogP contribution in [0.4, 0.5) is 4.39 Å². The van der Waals surface area contributed by atoms with E-state index in [0.717, 1.165) is 34.8 Å². The van der Waals surface area contributed by atoms with Gasteiger partial charge in [-0.15, -0.1) is 0 Å². The number of carbonyl (C=O) groups excluding carboxylic acids is 3. The van der Waals surface area contributed by atoms with Crippen molar-refractivity contribution in [3.05, 3.63) is 61.7 Å². The standard InChI is InChI=1S/C31H32FN4O5.Fm/c1-4-17(13-37)19-10-26-29-20(12-36(26)31(40)21(19)14-41-3)28-23(34-30(39)25-6-5-9-35(25)15-38)8-7-18-16(2)22(32)11-24(33-29)27(18)28;/h10-11,13,17,23,25H,4-9,12,14H2,1-3H3,(H,34,39);/q-1;. The third-order valence-corrected chi connectivity index (χ3v) is 9.05. The zero-order valence-corrected chi connectivity index (χ0v) is 26.1. The molecule has 2 aliphatic heterocycles. The first kappa shape index (κ1) is 28.6. The summed E-state index contributed by atoms with van der Waals surface area (Å²) in [5, 5.41) is 3.98. The van der Waals surface area contributed by atoms with Gasteiger partial charge in [-0.1, -0.05) is 6.92 Å². The first-order valence-electron chi connectivity index (χ1n) is 14.1. The minimum atomic E-state index is -0.581. The predicted molar refractivity (Wildman–Crippen MR) is 150 cm³/mol. The molecule has 1 saturated heterocycles. The Hall–Kier alpha value is -4.92. The van der Waals surface area contributed by atoms with E-state index in [4.69, 9.17) is 9.72 Å². The summed E-state index contributed by atoms with van der Waals surface area (Å²) in [6.07, 6.45) is 5.64. The predicted octanol–water partition coefficient (Wildman–Crippen LogP) is 3.35. The van der Waals surface area contributed by atoms with Gasteiger partial charge in [0.2, 0.25) is 5.91 Å². The molecule has 0 saturated carbocycles. The van der Waals surface area contributed by atoms with Gasteiger partial charge in [0.25, 0.3) is 5.56 Å². The number of aromatic nitrogens is 2. The van der Waals surface area contributed by atoms with E-state index in [1.807, 2.05) is 19.4 Å². The molecule has 3 atom stereocenters. The number of nitrogens with one attached hydrogen (secondary N) is 1. The summed E-state index contributed by atoms with van der Waals surface area (Å²) >= 11 is 0. The molecular formula is C31H32FFmN4O5-. The number of hydrogen-bond donors (Lipinski definition) is 1. The van der Waals surface area contributed by atoms with Gasteiger partial charge in [0.1, 0.15) is 12.1 Å². The molecule has 2 aromatic heterocycles. The number of fused-ring (bicyclic) bond motifs is 4. The second kappa shape index (κ2) is 10.8. The molecule has 4 heterocycles. The Kier molecular flexibility index (Phi) is 7.36. The van der Waals surface area contributed by atoms with Crippen LogP contribution in [-0.2, 0) is 38.7 Å². The van der Waals surface area contributed by atoms with Gasteiger partial charge in [-0.25, -0.2) is 9.37 Å². The van der Waals surface area contributed by atoms with Crippen LogP contribution in [0.5, 0.6) is 0 Å².